The van der Waals surface area contributed by atoms with E-state index < -0.39 is 0 Å². The number of carbonyl (C=O) groups is 1. The van der Waals surface area contributed by atoms with Crippen LogP contribution in [0.2, 0.25) is 0 Å². The molecule has 0 radical (unpaired) electrons. The highest BCUT2D eigenvalue weighted by Gasteiger charge is 2.31. The van der Waals surface area contributed by atoms with Crippen molar-refractivity contribution in [3.63, 3.8) is 0 Å². The summed E-state index contributed by atoms with van der Waals surface area (Å²) in [7, 11) is 3.72. The molecule has 9 heteroatoms. The number of hydrogen-bond donors (Lipinski definition) is 0. The van der Waals surface area contributed by atoms with E-state index in [4.69, 9.17) is 0 Å². The number of aromatic nitrogens is 4. The maximum atomic E-state index is 12.9. The van der Waals surface area contributed by atoms with Crippen molar-refractivity contribution in [3.8, 4) is 6.07 Å². The molecule has 0 bridgehead atoms. The summed E-state index contributed by atoms with van der Waals surface area (Å²) < 4.78 is 1.81. The molecule has 1 aliphatic heterocycles. The Morgan fingerprint density at radius 3 is 2.41 bits per heavy atom. The van der Waals surface area contributed by atoms with E-state index >= 15 is 0 Å². The molecule has 2 aromatic heterocycles. The molecule has 4 rings (SSSR count). The number of anilines is 2. The first-order chi connectivity index (χ1) is 13.9. The summed E-state index contributed by atoms with van der Waals surface area (Å²) in [5.74, 6) is 0.910. The van der Waals surface area contributed by atoms with E-state index in [0.717, 1.165) is 22.8 Å². The van der Waals surface area contributed by atoms with E-state index in [0.29, 0.717) is 16.8 Å². The van der Waals surface area contributed by atoms with Crippen molar-refractivity contribution in [1.82, 2.24) is 19.6 Å². The Morgan fingerprint density at radius 2 is 1.79 bits per heavy atom. The van der Waals surface area contributed by atoms with E-state index in [1.54, 1.807) is 0 Å². The van der Waals surface area contributed by atoms with Crippen LogP contribution < -0.4 is 9.80 Å². The zero-order valence-electron chi connectivity index (χ0n) is 16.5. The molecule has 146 valence electrons. The average molecular weight is 405 g/mol. The standard InChI is InChI=1S/C20H19N7OS/c1-12-9-13(2)27-19(22-12)23-24-20(27)29-11-17(28)14(10-21)18-25(3)15-7-5-6-8-16(15)26(18)4/h5-9H,11H2,1-4H3. The highest BCUT2D eigenvalue weighted by Crippen LogP contribution is 2.40. The molecule has 0 atom stereocenters. The minimum Gasteiger partial charge on any atom is -0.328 e. The van der Waals surface area contributed by atoms with Crippen molar-refractivity contribution in [1.29, 1.82) is 5.26 Å². The fraction of sp³-hybridized carbons (Fsp3) is 0.250. The van der Waals surface area contributed by atoms with Gasteiger partial charge in [0.2, 0.25) is 0 Å². The van der Waals surface area contributed by atoms with E-state index in [1.165, 1.54) is 11.8 Å². The molecule has 0 spiro atoms. The summed E-state index contributed by atoms with van der Waals surface area (Å²) in [6.45, 7) is 3.84. The smallest absolute Gasteiger partial charge is 0.256 e. The summed E-state index contributed by atoms with van der Waals surface area (Å²) in [6.07, 6.45) is 0. The van der Waals surface area contributed by atoms with Gasteiger partial charge in [-0.2, -0.15) is 5.26 Å². The Bertz CT molecular complexity index is 1180. The molecule has 1 aliphatic rings. The molecule has 3 aromatic rings. The molecule has 0 unspecified atom stereocenters. The summed E-state index contributed by atoms with van der Waals surface area (Å²) >= 11 is 1.25. The number of hydrogen-bond acceptors (Lipinski definition) is 8. The van der Waals surface area contributed by atoms with E-state index in [-0.39, 0.29) is 17.1 Å². The number of carbonyl (C=O) groups excluding carboxylic acids is 1. The van der Waals surface area contributed by atoms with Crippen LogP contribution >= 0.6 is 11.8 Å². The van der Waals surface area contributed by atoms with Gasteiger partial charge in [0.25, 0.3) is 5.78 Å². The van der Waals surface area contributed by atoms with Crippen LogP contribution in [0.1, 0.15) is 11.4 Å². The predicted molar refractivity (Wildman–Crippen MR) is 112 cm³/mol. The van der Waals surface area contributed by atoms with Gasteiger partial charge < -0.3 is 9.80 Å². The second-order valence-electron chi connectivity index (χ2n) is 6.79. The number of rotatable bonds is 4. The Morgan fingerprint density at radius 1 is 1.14 bits per heavy atom. The molecular formula is C20H19N7OS. The van der Waals surface area contributed by atoms with Gasteiger partial charge in [-0.1, -0.05) is 23.9 Å². The Kier molecular flexibility index (Phi) is 4.72. The third-order valence-corrected chi connectivity index (χ3v) is 5.78. The first-order valence-electron chi connectivity index (χ1n) is 8.98. The second-order valence-corrected chi connectivity index (χ2v) is 7.73. The summed E-state index contributed by atoms with van der Waals surface area (Å²) in [5.41, 5.74) is 3.84. The van der Waals surface area contributed by atoms with Gasteiger partial charge in [0.15, 0.2) is 10.9 Å². The molecule has 8 nitrogen and oxygen atoms in total. The molecule has 0 aliphatic carbocycles. The maximum Gasteiger partial charge on any atom is 0.256 e. The minimum atomic E-state index is -0.256. The number of thioether (sulfide) groups is 1. The first kappa shape index (κ1) is 19.0. The van der Waals surface area contributed by atoms with Crippen molar-refractivity contribution in [3.05, 3.63) is 53.1 Å². The number of allylic oxidation sites excluding steroid dienone is 1. The monoisotopic (exact) mass is 405 g/mol. The Hall–Kier alpha value is -3.38. The molecular weight excluding hydrogens is 386 g/mol. The van der Waals surface area contributed by atoms with Gasteiger partial charge in [0.1, 0.15) is 17.5 Å². The number of nitriles is 1. The van der Waals surface area contributed by atoms with Crippen LogP contribution in [0.25, 0.3) is 5.78 Å². The molecule has 1 aromatic carbocycles. The fourth-order valence-electron chi connectivity index (χ4n) is 3.55. The molecule has 0 N–H and O–H groups in total. The number of para-hydroxylation sites is 2. The minimum absolute atomic E-state index is 0.0819. The van der Waals surface area contributed by atoms with Gasteiger partial charge in [0, 0.05) is 25.5 Å². The van der Waals surface area contributed by atoms with Gasteiger partial charge in [-0.25, -0.2) is 4.98 Å². The van der Waals surface area contributed by atoms with Crippen molar-refractivity contribution >= 4 is 34.7 Å². The third kappa shape index (κ3) is 3.11. The van der Waals surface area contributed by atoms with Gasteiger partial charge in [-0.3, -0.25) is 9.20 Å². The van der Waals surface area contributed by atoms with Crippen LogP contribution in [0.3, 0.4) is 0 Å². The van der Waals surface area contributed by atoms with Crippen molar-refractivity contribution in [2.24, 2.45) is 0 Å². The van der Waals surface area contributed by atoms with E-state index in [2.05, 4.69) is 21.3 Å². The van der Waals surface area contributed by atoms with Crippen LogP contribution in [0.5, 0.6) is 0 Å². The molecule has 0 saturated heterocycles. The molecule has 0 amide bonds. The van der Waals surface area contributed by atoms with E-state index in [9.17, 15) is 10.1 Å². The third-order valence-electron chi connectivity index (χ3n) is 4.85. The molecule has 0 fully saturated rings. The zero-order chi connectivity index (χ0) is 20.7. The molecule has 0 saturated carbocycles. The van der Waals surface area contributed by atoms with Gasteiger partial charge in [0.05, 0.1) is 17.1 Å². The van der Waals surface area contributed by atoms with Gasteiger partial charge in [-0.05, 0) is 32.0 Å². The number of fused-ring (bicyclic) bond motifs is 2. The maximum absolute atomic E-state index is 12.9. The summed E-state index contributed by atoms with van der Waals surface area (Å²) in [6, 6.07) is 11.8. The predicted octanol–water partition coefficient (Wildman–Crippen LogP) is 2.72. The van der Waals surface area contributed by atoms with Crippen molar-refractivity contribution in [2.45, 2.75) is 19.0 Å². The van der Waals surface area contributed by atoms with E-state index in [1.807, 2.05) is 72.5 Å². The lowest BCUT2D eigenvalue weighted by Crippen LogP contribution is -2.26. The lowest BCUT2D eigenvalue weighted by molar-refractivity contribution is -0.112. The van der Waals surface area contributed by atoms with Crippen molar-refractivity contribution in [2.75, 3.05) is 29.6 Å². The lowest BCUT2D eigenvalue weighted by Gasteiger charge is -2.19. The lowest BCUT2D eigenvalue weighted by atomic mass is 10.2. The van der Waals surface area contributed by atoms with Crippen LogP contribution in [0.15, 0.2) is 46.9 Å². The van der Waals surface area contributed by atoms with Gasteiger partial charge in [-0.15, -0.1) is 10.2 Å². The number of nitrogens with zero attached hydrogens (tertiary/aromatic N) is 7. The van der Waals surface area contributed by atoms with Crippen molar-refractivity contribution < 1.29 is 4.79 Å². The topological polar surface area (TPSA) is 90.4 Å². The molecule has 3 heterocycles. The summed E-state index contributed by atoms with van der Waals surface area (Å²) in [4.78, 5) is 21.1. The largest absolute Gasteiger partial charge is 0.328 e. The first-order valence-corrected chi connectivity index (χ1v) is 9.97. The zero-order valence-corrected chi connectivity index (χ0v) is 17.4. The summed E-state index contributed by atoms with van der Waals surface area (Å²) in [5, 5.41) is 18.6. The Labute approximate surface area is 172 Å². The number of Topliss-reactive ketones (excluding diaryl/α,β-unsaturated/α-hetero) is 1. The Balaban J connectivity index is 1.62. The highest BCUT2D eigenvalue weighted by molar-refractivity contribution is 7.99. The second kappa shape index (κ2) is 7.22. The molecule has 29 heavy (non-hydrogen) atoms. The van der Waals surface area contributed by atoms with Crippen LogP contribution in [-0.2, 0) is 4.79 Å². The highest BCUT2D eigenvalue weighted by atomic mass is 32.2. The number of ketones is 1. The fourth-order valence-corrected chi connectivity index (χ4v) is 4.41. The van der Waals surface area contributed by atoms with Crippen LogP contribution in [0, 0.1) is 25.2 Å². The van der Waals surface area contributed by atoms with Crippen LogP contribution in [0.4, 0.5) is 11.4 Å². The number of aryl methyl sites for hydroxylation is 2. The normalized spacial score (nSPS) is 13.0. The van der Waals surface area contributed by atoms with Crippen LogP contribution in [-0.4, -0.2) is 45.2 Å². The number of benzene rings is 1. The average Bonchev–Trinajstić information content (AvgIpc) is 3.22. The quantitative estimate of drug-likeness (QED) is 0.372. The van der Waals surface area contributed by atoms with Gasteiger partial charge >= 0.3 is 0 Å². The SMILES string of the molecule is Cc1cc(C)n2c(SCC(=O)C(C#N)=C3N(C)c4ccccc4N3C)nnc2n1.